The Balaban J connectivity index is 1.93. The van der Waals surface area contributed by atoms with Crippen molar-refractivity contribution < 1.29 is 19.1 Å². The fourth-order valence-corrected chi connectivity index (χ4v) is 2.63. The van der Waals surface area contributed by atoms with Crippen molar-refractivity contribution in [3.63, 3.8) is 0 Å². The lowest BCUT2D eigenvalue weighted by atomic mass is 10.2. The number of benzene rings is 2. The number of carbonyl (C=O) groups excluding carboxylic acids is 2. The predicted molar refractivity (Wildman–Crippen MR) is 110 cm³/mol. The lowest BCUT2D eigenvalue weighted by molar-refractivity contribution is -0.122. The number of halogens is 1. The summed E-state index contributed by atoms with van der Waals surface area (Å²) in [6, 6.07) is 11.4. The Labute approximate surface area is 169 Å². The van der Waals surface area contributed by atoms with Crippen molar-refractivity contribution in [3.05, 3.63) is 47.5 Å². The van der Waals surface area contributed by atoms with Crippen molar-refractivity contribution in [1.29, 1.82) is 0 Å². The average Bonchev–Trinajstić information content (AvgIpc) is 2.68. The molecule has 0 aliphatic carbocycles. The first-order valence-corrected chi connectivity index (χ1v) is 9.00. The van der Waals surface area contributed by atoms with E-state index in [4.69, 9.17) is 21.1 Å². The molecule has 0 radical (unpaired) electrons. The molecule has 28 heavy (non-hydrogen) atoms. The smallest absolute Gasteiger partial charge is 0.241 e. The molecule has 0 saturated heterocycles. The summed E-state index contributed by atoms with van der Waals surface area (Å²) in [5.74, 6) is 0.703. The van der Waals surface area contributed by atoms with E-state index in [1.165, 1.54) is 7.11 Å². The monoisotopic (exact) mass is 405 g/mol. The van der Waals surface area contributed by atoms with Gasteiger partial charge in [0.1, 0.15) is 11.5 Å². The fourth-order valence-electron chi connectivity index (χ4n) is 2.45. The third kappa shape index (κ3) is 5.87. The maximum absolute atomic E-state index is 12.5. The summed E-state index contributed by atoms with van der Waals surface area (Å²) < 4.78 is 10.3. The number of nitrogens with one attached hydrogen (secondary N) is 2. The molecule has 0 heterocycles. The van der Waals surface area contributed by atoms with Crippen LogP contribution in [0.15, 0.2) is 42.5 Å². The van der Waals surface area contributed by atoms with Gasteiger partial charge in [-0.2, -0.15) is 0 Å². The first-order chi connectivity index (χ1) is 13.3. The normalized spacial score (nSPS) is 11.6. The van der Waals surface area contributed by atoms with Gasteiger partial charge in [0.05, 0.1) is 32.5 Å². The van der Waals surface area contributed by atoms with Crippen LogP contribution in [-0.4, -0.2) is 50.6 Å². The number of hydrogen-bond donors (Lipinski definition) is 2. The Morgan fingerprint density at radius 2 is 1.75 bits per heavy atom. The molecule has 0 aliphatic rings. The van der Waals surface area contributed by atoms with Crippen LogP contribution in [0.25, 0.3) is 0 Å². The lowest BCUT2D eigenvalue weighted by Crippen LogP contribution is -2.43. The fraction of sp³-hybridized carbons (Fsp3) is 0.300. The summed E-state index contributed by atoms with van der Waals surface area (Å²) >= 11 is 5.99. The van der Waals surface area contributed by atoms with E-state index in [2.05, 4.69) is 10.6 Å². The van der Waals surface area contributed by atoms with Gasteiger partial charge in [0.15, 0.2) is 0 Å². The Bertz CT molecular complexity index is 827. The molecule has 150 valence electrons. The van der Waals surface area contributed by atoms with E-state index in [-0.39, 0.29) is 18.4 Å². The number of hydrogen-bond acceptors (Lipinski definition) is 5. The van der Waals surface area contributed by atoms with Gasteiger partial charge < -0.3 is 20.1 Å². The number of rotatable bonds is 8. The molecule has 0 spiro atoms. The van der Waals surface area contributed by atoms with E-state index in [9.17, 15) is 9.59 Å². The van der Waals surface area contributed by atoms with E-state index < -0.39 is 6.04 Å². The quantitative estimate of drug-likeness (QED) is 0.704. The minimum atomic E-state index is -0.551. The van der Waals surface area contributed by atoms with Gasteiger partial charge in [0.2, 0.25) is 11.8 Å². The largest absolute Gasteiger partial charge is 0.497 e. The van der Waals surface area contributed by atoms with E-state index in [1.54, 1.807) is 68.4 Å². The highest BCUT2D eigenvalue weighted by molar-refractivity contribution is 6.31. The molecule has 0 saturated carbocycles. The molecule has 0 fully saturated rings. The standard InChI is InChI=1S/C20H24ClN3O4/c1-13(20(26)23-17-11-14(21)5-10-18(17)28-4)24(2)12-19(25)22-15-6-8-16(27-3)9-7-15/h5-11,13H,12H2,1-4H3,(H,22,25)(H,23,26)/t13-/m0/s1. The van der Waals surface area contributed by atoms with Crippen LogP contribution < -0.4 is 20.1 Å². The Kier molecular flexibility index (Phi) is 7.66. The van der Waals surface area contributed by atoms with Gasteiger partial charge >= 0.3 is 0 Å². The van der Waals surface area contributed by atoms with Crippen LogP contribution in [-0.2, 0) is 9.59 Å². The molecule has 0 aliphatic heterocycles. The lowest BCUT2D eigenvalue weighted by Gasteiger charge is -2.23. The predicted octanol–water partition coefficient (Wildman–Crippen LogP) is 3.25. The molecule has 2 N–H and O–H groups in total. The van der Waals surface area contributed by atoms with Crippen molar-refractivity contribution in [2.45, 2.75) is 13.0 Å². The summed E-state index contributed by atoms with van der Waals surface area (Å²) in [4.78, 5) is 26.4. The molecule has 0 bridgehead atoms. The molecule has 2 amide bonds. The van der Waals surface area contributed by atoms with E-state index in [0.717, 1.165) is 0 Å². The van der Waals surface area contributed by atoms with Gasteiger partial charge in [-0.25, -0.2) is 0 Å². The van der Waals surface area contributed by atoms with Crippen LogP contribution in [0.5, 0.6) is 11.5 Å². The molecule has 0 unspecified atom stereocenters. The van der Waals surface area contributed by atoms with Crippen LogP contribution >= 0.6 is 11.6 Å². The van der Waals surface area contributed by atoms with Crippen LogP contribution in [0.4, 0.5) is 11.4 Å². The molecule has 2 aromatic rings. The third-order valence-corrected chi connectivity index (χ3v) is 4.46. The van der Waals surface area contributed by atoms with Crippen LogP contribution in [0.1, 0.15) is 6.92 Å². The Morgan fingerprint density at radius 1 is 1.07 bits per heavy atom. The van der Waals surface area contributed by atoms with Crippen molar-refractivity contribution in [2.24, 2.45) is 0 Å². The summed E-state index contributed by atoms with van der Waals surface area (Å²) in [6.45, 7) is 1.76. The van der Waals surface area contributed by atoms with E-state index in [0.29, 0.717) is 27.9 Å². The first-order valence-electron chi connectivity index (χ1n) is 8.62. The zero-order valence-corrected chi connectivity index (χ0v) is 17.0. The number of methoxy groups -OCH3 is 2. The molecule has 7 nitrogen and oxygen atoms in total. The minimum Gasteiger partial charge on any atom is -0.497 e. The number of likely N-dealkylation sites (N-methyl/N-ethyl adjacent to an activating group) is 1. The number of anilines is 2. The topological polar surface area (TPSA) is 79.9 Å². The van der Waals surface area contributed by atoms with Crippen LogP contribution in [0.2, 0.25) is 5.02 Å². The molecule has 2 aromatic carbocycles. The zero-order valence-electron chi connectivity index (χ0n) is 16.3. The second-order valence-corrected chi connectivity index (χ2v) is 6.64. The van der Waals surface area contributed by atoms with Crippen molar-refractivity contribution in [2.75, 3.05) is 38.4 Å². The van der Waals surface area contributed by atoms with Crippen molar-refractivity contribution in [1.82, 2.24) is 4.90 Å². The van der Waals surface area contributed by atoms with Gasteiger partial charge in [-0.15, -0.1) is 0 Å². The molecule has 1 atom stereocenters. The minimum absolute atomic E-state index is 0.0489. The third-order valence-electron chi connectivity index (χ3n) is 4.23. The highest BCUT2D eigenvalue weighted by Crippen LogP contribution is 2.27. The molecule has 2 rings (SSSR count). The van der Waals surface area contributed by atoms with Gasteiger partial charge in [-0.1, -0.05) is 11.6 Å². The molecule has 0 aromatic heterocycles. The average molecular weight is 406 g/mol. The van der Waals surface area contributed by atoms with Crippen LogP contribution in [0, 0.1) is 0 Å². The van der Waals surface area contributed by atoms with Crippen LogP contribution in [0.3, 0.4) is 0 Å². The Morgan fingerprint density at radius 3 is 2.36 bits per heavy atom. The van der Waals surface area contributed by atoms with Gasteiger partial charge in [0, 0.05) is 10.7 Å². The maximum atomic E-state index is 12.5. The summed E-state index contributed by atoms with van der Waals surface area (Å²) in [5.41, 5.74) is 1.13. The summed E-state index contributed by atoms with van der Waals surface area (Å²) in [7, 11) is 4.79. The van der Waals surface area contributed by atoms with E-state index >= 15 is 0 Å². The number of nitrogens with zero attached hydrogens (tertiary/aromatic N) is 1. The molecule has 8 heteroatoms. The first kappa shape index (κ1) is 21.5. The SMILES string of the molecule is COc1ccc(NC(=O)CN(C)[C@@H](C)C(=O)Nc2cc(Cl)ccc2OC)cc1. The number of carbonyl (C=O) groups is 2. The van der Waals surface area contributed by atoms with Gasteiger partial charge in [-0.05, 0) is 56.4 Å². The second-order valence-electron chi connectivity index (χ2n) is 6.20. The number of amides is 2. The van der Waals surface area contributed by atoms with Gasteiger partial charge in [0.25, 0.3) is 0 Å². The number of ether oxygens (including phenoxy) is 2. The second kappa shape index (κ2) is 9.96. The summed E-state index contributed by atoms with van der Waals surface area (Å²) in [5, 5.41) is 6.05. The zero-order chi connectivity index (χ0) is 20.7. The van der Waals surface area contributed by atoms with E-state index in [1.807, 2.05) is 0 Å². The highest BCUT2D eigenvalue weighted by atomic mass is 35.5. The van der Waals surface area contributed by atoms with Gasteiger partial charge in [-0.3, -0.25) is 14.5 Å². The van der Waals surface area contributed by atoms with Crippen molar-refractivity contribution >= 4 is 34.8 Å². The highest BCUT2D eigenvalue weighted by Gasteiger charge is 2.21. The van der Waals surface area contributed by atoms with Crippen molar-refractivity contribution in [3.8, 4) is 11.5 Å². The molecular formula is C20H24ClN3O4. The molecular weight excluding hydrogens is 382 g/mol. The Hall–Kier alpha value is -2.77. The summed E-state index contributed by atoms with van der Waals surface area (Å²) in [6.07, 6.45) is 0. The maximum Gasteiger partial charge on any atom is 0.241 e.